The molecule has 4 aliphatic rings. The Labute approximate surface area is 217 Å². The van der Waals surface area contributed by atoms with Crippen molar-refractivity contribution in [1.82, 2.24) is 0 Å². The first kappa shape index (κ1) is 26.3. The van der Waals surface area contributed by atoms with Crippen molar-refractivity contribution in [3.8, 4) is 0 Å². The molecule has 8 atom stereocenters. The summed E-state index contributed by atoms with van der Waals surface area (Å²) >= 11 is 5.09. The molecule has 3 saturated carbocycles. The number of hydrogen-bond donors (Lipinski definition) is 0. The molecule has 33 heavy (non-hydrogen) atoms. The molecule has 0 amide bonds. The molecule has 188 valence electrons. The lowest BCUT2D eigenvalue weighted by Gasteiger charge is -2.58. The number of carbonyl (C=O) groups is 1. The van der Waals surface area contributed by atoms with Crippen LogP contribution in [-0.2, 0) is 4.79 Å². The van der Waals surface area contributed by atoms with E-state index in [0.29, 0.717) is 21.2 Å². The summed E-state index contributed by atoms with van der Waals surface area (Å²) in [4.78, 5) is 12.3. The number of halogens is 1. The smallest absolute Gasteiger partial charge is 0.202 e. The Morgan fingerprint density at radius 2 is 1.82 bits per heavy atom. The van der Waals surface area contributed by atoms with Gasteiger partial charge in [0.05, 0.1) is 4.83 Å². The topological polar surface area (TPSA) is 17.1 Å². The van der Waals surface area contributed by atoms with Gasteiger partial charge in [-0.05, 0) is 99.2 Å². The maximum absolute atomic E-state index is 12.3. The van der Waals surface area contributed by atoms with Gasteiger partial charge in [-0.2, -0.15) is 0 Å². The van der Waals surface area contributed by atoms with Crippen molar-refractivity contribution >= 4 is 32.8 Å². The number of thioether (sulfide) groups is 1. The Kier molecular flexibility index (Phi) is 8.85. The van der Waals surface area contributed by atoms with Crippen molar-refractivity contribution in [3.63, 3.8) is 0 Å². The molecule has 0 aromatic carbocycles. The number of allylic oxidation sites excluding steroid dienone is 2. The number of hydrogen-bond acceptors (Lipinski definition) is 2. The highest BCUT2D eigenvalue weighted by atomic mass is 79.9. The first-order chi connectivity index (χ1) is 15.8. The van der Waals surface area contributed by atoms with Crippen molar-refractivity contribution in [1.29, 1.82) is 0 Å². The first-order valence-electron chi connectivity index (χ1n) is 14.3. The molecular formula is C30H49BrOS. The number of unbranched alkanes of at least 4 members (excludes halogenated alkanes) is 5. The van der Waals surface area contributed by atoms with Gasteiger partial charge in [-0.25, -0.2) is 0 Å². The van der Waals surface area contributed by atoms with Crippen LogP contribution in [0.2, 0.25) is 0 Å². The van der Waals surface area contributed by atoms with Crippen molar-refractivity contribution in [2.75, 3.05) is 0 Å². The van der Waals surface area contributed by atoms with E-state index < -0.39 is 0 Å². The van der Waals surface area contributed by atoms with Gasteiger partial charge in [0.1, 0.15) is 0 Å². The predicted octanol–water partition coefficient (Wildman–Crippen LogP) is 9.73. The Hall–Kier alpha value is 0.240. The average Bonchev–Trinajstić information content (AvgIpc) is 3.12. The molecule has 0 aromatic rings. The van der Waals surface area contributed by atoms with Gasteiger partial charge in [0, 0.05) is 5.25 Å². The van der Waals surface area contributed by atoms with Gasteiger partial charge in [-0.15, -0.1) is 0 Å². The molecule has 3 heteroatoms. The molecule has 0 aromatic heterocycles. The molecule has 0 heterocycles. The van der Waals surface area contributed by atoms with Crippen LogP contribution >= 0.6 is 27.7 Å². The van der Waals surface area contributed by atoms with Crippen LogP contribution in [0.15, 0.2) is 11.6 Å². The van der Waals surface area contributed by atoms with Crippen molar-refractivity contribution in [2.24, 2.45) is 34.5 Å². The van der Waals surface area contributed by atoms with E-state index in [0.717, 1.165) is 30.1 Å². The van der Waals surface area contributed by atoms with Crippen molar-refractivity contribution in [3.05, 3.63) is 11.6 Å². The largest absolute Gasteiger partial charge is 0.286 e. The molecule has 0 bridgehead atoms. The van der Waals surface area contributed by atoms with Gasteiger partial charge in [-0.3, -0.25) is 4.79 Å². The number of carbonyl (C=O) groups excluding carboxylic acids is 1. The minimum absolute atomic E-state index is 0.0248. The van der Waals surface area contributed by atoms with Crippen LogP contribution < -0.4 is 0 Å². The predicted molar refractivity (Wildman–Crippen MR) is 148 cm³/mol. The van der Waals surface area contributed by atoms with E-state index in [2.05, 4.69) is 42.8 Å². The minimum Gasteiger partial charge on any atom is -0.286 e. The van der Waals surface area contributed by atoms with Gasteiger partial charge in [0.25, 0.3) is 0 Å². The van der Waals surface area contributed by atoms with Crippen LogP contribution in [0.3, 0.4) is 0 Å². The summed E-state index contributed by atoms with van der Waals surface area (Å²) in [5.41, 5.74) is 2.73. The lowest BCUT2D eigenvalue weighted by Crippen LogP contribution is -2.50. The maximum atomic E-state index is 12.3. The highest BCUT2D eigenvalue weighted by Crippen LogP contribution is 2.67. The fourth-order valence-corrected chi connectivity index (χ4v) is 10.1. The fourth-order valence-electron chi connectivity index (χ4n) is 8.74. The van der Waals surface area contributed by atoms with Crippen LogP contribution in [0.4, 0.5) is 0 Å². The second-order valence-electron chi connectivity index (χ2n) is 12.6. The van der Waals surface area contributed by atoms with Crippen molar-refractivity contribution < 1.29 is 4.79 Å². The van der Waals surface area contributed by atoms with Crippen LogP contribution in [-0.4, -0.2) is 15.2 Å². The molecule has 4 aliphatic carbocycles. The van der Waals surface area contributed by atoms with E-state index in [1.807, 2.05) is 6.92 Å². The van der Waals surface area contributed by atoms with E-state index >= 15 is 0 Å². The highest BCUT2D eigenvalue weighted by molar-refractivity contribution is 9.10. The number of rotatable bonds is 9. The molecule has 1 nitrogen and oxygen atoms in total. The van der Waals surface area contributed by atoms with Gasteiger partial charge in [0.2, 0.25) is 5.12 Å². The summed E-state index contributed by atoms with van der Waals surface area (Å²) in [7, 11) is 0. The van der Waals surface area contributed by atoms with Crippen LogP contribution in [0.5, 0.6) is 0 Å². The van der Waals surface area contributed by atoms with E-state index in [4.69, 9.17) is 0 Å². The fraction of sp³-hybridized carbons (Fsp3) is 0.900. The zero-order chi connectivity index (χ0) is 23.6. The van der Waals surface area contributed by atoms with E-state index in [1.54, 1.807) is 17.3 Å². The average molecular weight is 538 g/mol. The molecule has 0 spiro atoms. The summed E-state index contributed by atoms with van der Waals surface area (Å²) in [5.74, 6) is 3.75. The summed E-state index contributed by atoms with van der Waals surface area (Å²) in [6.07, 6.45) is 23.7. The third kappa shape index (κ3) is 5.35. The second-order valence-corrected chi connectivity index (χ2v) is 15.2. The van der Waals surface area contributed by atoms with Gasteiger partial charge in [0.15, 0.2) is 0 Å². The van der Waals surface area contributed by atoms with E-state index in [-0.39, 0.29) is 4.83 Å². The maximum Gasteiger partial charge on any atom is 0.202 e. The third-order valence-corrected chi connectivity index (χ3v) is 12.8. The summed E-state index contributed by atoms with van der Waals surface area (Å²) in [6.45, 7) is 9.59. The molecule has 3 fully saturated rings. The Morgan fingerprint density at radius 3 is 2.58 bits per heavy atom. The summed E-state index contributed by atoms with van der Waals surface area (Å²) in [6, 6.07) is 0. The standard InChI is InChI=1S/C30H49BrOS/c1-5-6-7-8-9-10-11-22-13-15-26-25-14-12-23-20-24(33-28(32)21(2)31)16-18-30(23,4)27(25)17-19-29(22,26)3/h12,21-22,24-27H,5-11,13-20H2,1-4H3/t21-,22-,24+,25+,26-,27-,29-,30+/m1/s1. The summed E-state index contributed by atoms with van der Waals surface area (Å²) in [5, 5.41) is 0.809. The van der Waals surface area contributed by atoms with E-state index in [9.17, 15) is 4.79 Å². The SMILES string of the molecule is CCCCCCCC[C@@H]1CC[C@@H]2[C@@H]3CC=C4C[C@@H](SC(=O)[C@@H](C)Br)CC[C@]4(C)[C@@H]3CC[C@]12C. The summed E-state index contributed by atoms with van der Waals surface area (Å²) < 4.78 is 0. The van der Waals surface area contributed by atoms with E-state index in [1.165, 1.54) is 89.9 Å². The molecule has 4 rings (SSSR count). The lowest BCUT2D eigenvalue weighted by atomic mass is 9.47. The zero-order valence-corrected chi connectivity index (χ0v) is 24.2. The molecular weight excluding hydrogens is 488 g/mol. The molecule has 0 aliphatic heterocycles. The first-order valence-corrected chi connectivity index (χ1v) is 16.1. The van der Waals surface area contributed by atoms with Crippen LogP contribution in [0, 0.1) is 34.5 Å². The molecule has 0 radical (unpaired) electrons. The van der Waals surface area contributed by atoms with Crippen molar-refractivity contribution in [2.45, 2.75) is 134 Å². The Balaban J connectivity index is 1.38. The van der Waals surface area contributed by atoms with Crippen LogP contribution in [0.25, 0.3) is 0 Å². The number of fused-ring (bicyclic) bond motifs is 5. The lowest BCUT2D eigenvalue weighted by molar-refractivity contribution is -0.110. The van der Waals surface area contributed by atoms with Gasteiger partial charge < -0.3 is 0 Å². The minimum atomic E-state index is -0.0248. The third-order valence-electron chi connectivity index (χ3n) is 10.8. The van der Waals surface area contributed by atoms with Crippen LogP contribution in [0.1, 0.15) is 124 Å². The second kappa shape index (κ2) is 11.1. The Morgan fingerprint density at radius 1 is 1.06 bits per heavy atom. The van der Waals surface area contributed by atoms with Gasteiger partial charge in [-0.1, -0.05) is 98.6 Å². The number of alkyl halides is 1. The quantitative estimate of drug-likeness (QED) is 0.165. The molecule has 0 N–H and O–H groups in total. The normalized spacial score (nSPS) is 41.0. The monoisotopic (exact) mass is 536 g/mol. The Bertz CT molecular complexity index is 716. The molecule has 0 saturated heterocycles. The van der Waals surface area contributed by atoms with Gasteiger partial charge >= 0.3 is 0 Å². The highest BCUT2D eigenvalue weighted by Gasteiger charge is 2.58. The zero-order valence-electron chi connectivity index (χ0n) is 21.8. The molecule has 0 unspecified atom stereocenters.